The number of amides is 1. The van der Waals surface area contributed by atoms with E-state index in [0.29, 0.717) is 12.3 Å². The number of carbonyl (C=O) groups is 1. The summed E-state index contributed by atoms with van der Waals surface area (Å²) in [6, 6.07) is 9.56. The number of hydrazine groups is 1. The molecule has 0 aliphatic carbocycles. The molecule has 0 radical (unpaired) electrons. The molecule has 3 rings (SSSR count). The Hall–Kier alpha value is -2.60. The average molecular weight is 300 g/mol. The van der Waals surface area contributed by atoms with Crippen molar-refractivity contribution in [3.05, 3.63) is 53.9 Å². The SMILES string of the molecule is C.CNC(=O)Oc1cccc2c1CN(Nc1ccncc1)C2. The van der Waals surface area contributed by atoms with Gasteiger partial charge in [-0.2, -0.15) is 0 Å². The standard InChI is InChI=1S/C15H16N4O2.CH4/c1-16-15(20)21-14-4-2-3-11-9-19(10-13(11)14)18-12-5-7-17-8-6-12;/h2-8H,9-10H2,1H3,(H,16,20)(H,17,18);1H4. The van der Waals surface area contributed by atoms with Gasteiger partial charge in [-0.25, -0.2) is 9.80 Å². The summed E-state index contributed by atoms with van der Waals surface area (Å²) in [7, 11) is 1.54. The van der Waals surface area contributed by atoms with Crippen LogP contribution in [0, 0.1) is 0 Å². The number of aromatic nitrogens is 1. The van der Waals surface area contributed by atoms with Crippen molar-refractivity contribution < 1.29 is 9.53 Å². The molecule has 1 amide bonds. The third-order valence-corrected chi connectivity index (χ3v) is 3.31. The number of nitrogens with one attached hydrogen (secondary N) is 2. The van der Waals surface area contributed by atoms with Crippen LogP contribution in [0.4, 0.5) is 10.5 Å². The largest absolute Gasteiger partial charge is 0.412 e. The zero-order valence-corrected chi connectivity index (χ0v) is 11.7. The highest BCUT2D eigenvalue weighted by molar-refractivity contribution is 5.70. The van der Waals surface area contributed by atoms with Crippen LogP contribution in [-0.4, -0.2) is 23.1 Å². The van der Waals surface area contributed by atoms with E-state index >= 15 is 0 Å². The summed E-state index contributed by atoms with van der Waals surface area (Å²) in [5.41, 5.74) is 6.48. The highest BCUT2D eigenvalue weighted by Crippen LogP contribution is 2.31. The van der Waals surface area contributed by atoms with Crippen LogP contribution in [0.3, 0.4) is 0 Å². The highest BCUT2D eigenvalue weighted by Gasteiger charge is 2.23. The molecular weight excluding hydrogens is 280 g/mol. The van der Waals surface area contributed by atoms with Crippen molar-refractivity contribution in [3.63, 3.8) is 0 Å². The predicted octanol–water partition coefficient (Wildman–Crippen LogP) is 2.78. The summed E-state index contributed by atoms with van der Waals surface area (Å²) in [5.74, 6) is 0.603. The van der Waals surface area contributed by atoms with Gasteiger partial charge in [0.1, 0.15) is 5.75 Å². The van der Waals surface area contributed by atoms with Crippen LogP contribution in [0.2, 0.25) is 0 Å². The maximum Gasteiger partial charge on any atom is 0.412 e. The van der Waals surface area contributed by atoms with E-state index in [0.717, 1.165) is 23.4 Å². The van der Waals surface area contributed by atoms with Gasteiger partial charge in [-0.3, -0.25) is 4.98 Å². The first-order valence-electron chi connectivity index (χ1n) is 6.68. The van der Waals surface area contributed by atoms with E-state index in [1.165, 1.54) is 0 Å². The summed E-state index contributed by atoms with van der Waals surface area (Å²) < 4.78 is 5.29. The molecule has 1 aliphatic heterocycles. The van der Waals surface area contributed by atoms with Crippen LogP contribution in [-0.2, 0) is 13.1 Å². The molecule has 2 aromatic rings. The zero-order valence-electron chi connectivity index (χ0n) is 11.7. The number of nitrogens with zero attached hydrogens (tertiary/aromatic N) is 2. The maximum absolute atomic E-state index is 11.4. The Balaban J connectivity index is 0.00000176. The lowest BCUT2D eigenvalue weighted by atomic mass is 10.1. The molecule has 0 bridgehead atoms. The van der Waals surface area contributed by atoms with Crippen LogP contribution < -0.4 is 15.5 Å². The van der Waals surface area contributed by atoms with Crippen LogP contribution in [0.1, 0.15) is 18.6 Å². The second-order valence-corrected chi connectivity index (χ2v) is 4.74. The number of pyridine rings is 1. The van der Waals surface area contributed by atoms with E-state index in [2.05, 4.69) is 20.7 Å². The Bertz CT molecular complexity index is 646. The molecule has 0 unspecified atom stereocenters. The van der Waals surface area contributed by atoms with Gasteiger partial charge in [-0.05, 0) is 23.8 Å². The minimum absolute atomic E-state index is 0. The van der Waals surface area contributed by atoms with Gasteiger partial charge in [0.15, 0.2) is 0 Å². The Kier molecular flexibility index (Phi) is 4.95. The van der Waals surface area contributed by atoms with Crippen LogP contribution in [0.15, 0.2) is 42.7 Å². The number of hydrogen-bond acceptors (Lipinski definition) is 5. The van der Waals surface area contributed by atoms with E-state index < -0.39 is 6.09 Å². The number of carbonyl (C=O) groups excluding carboxylic acids is 1. The first kappa shape index (κ1) is 15.8. The smallest absolute Gasteiger partial charge is 0.410 e. The van der Waals surface area contributed by atoms with E-state index in [1.54, 1.807) is 19.4 Å². The molecule has 1 aromatic carbocycles. The number of rotatable bonds is 3. The number of hydrogen-bond donors (Lipinski definition) is 2. The quantitative estimate of drug-likeness (QED) is 0.912. The van der Waals surface area contributed by atoms with Gasteiger partial charge in [0.25, 0.3) is 0 Å². The maximum atomic E-state index is 11.4. The molecule has 6 heteroatoms. The summed E-state index contributed by atoms with van der Waals surface area (Å²) in [5, 5.41) is 4.52. The van der Waals surface area contributed by atoms with Gasteiger partial charge in [0.05, 0.1) is 5.69 Å². The number of benzene rings is 1. The topological polar surface area (TPSA) is 66.5 Å². The van der Waals surface area contributed by atoms with E-state index in [9.17, 15) is 4.79 Å². The second-order valence-electron chi connectivity index (χ2n) is 4.74. The molecular formula is C16H20N4O2. The molecule has 1 aliphatic rings. The molecule has 0 fully saturated rings. The van der Waals surface area contributed by atoms with Gasteiger partial charge in [0, 0.05) is 38.1 Å². The molecule has 1 aromatic heterocycles. The molecule has 22 heavy (non-hydrogen) atoms. The summed E-state index contributed by atoms with van der Waals surface area (Å²) in [6.45, 7) is 1.42. The van der Waals surface area contributed by atoms with Crippen molar-refractivity contribution in [2.45, 2.75) is 20.5 Å². The molecule has 6 nitrogen and oxygen atoms in total. The first-order chi connectivity index (χ1) is 10.3. The molecule has 2 heterocycles. The van der Waals surface area contributed by atoms with Crippen molar-refractivity contribution in [2.75, 3.05) is 12.5 Å². The van der Waals surface area contributed by atoms with Gasteiger partial charge >= 0.3 is 6.09 Å². The van der Waals surface area contributed by atoms with Crippen molar-refractivity contribution in [3.8, 4) is 5.75 Å². The van der Waals surface area contributed by atoms with E-state index in [4.69, 9.17) is 4.74 Å². The van der Waals surface area contributed by atoms with Gasteiger partial charge in [-0.15, -0.1) is 0 Å². The Labute approximate surface area is 130 Å². The van der Waals surface area contributed by atoms with Gasteiger partial charge in [-0.1, -0.05) is 19.6 Å². The third-order valence-electron chi connectivity index (χ3n) is 3.31. The van der Waals surface area contributed by atoms with Crippen molar-refractivity contribution in [1.82, 2.24) is 15.3 Å². The molecule has 0 atom stereocenters. The average Bonchev–Trinajstić information content (AvgIpc) is 2.91. The fourth-order valence-electron chi connectivity index (χ4n) is 2.33. The fourth-order valence-corrected chi connectivity index (χ4v) is 2.33. The lowest BCUT2D eigenvalue weighted by Crippen LogP contribution is -2.24. The Morgan fingerprint density at radius 2 is 2.00 bits per heavy atom. The minimum Gasteiger partial charge on any atom is -0.410 e. The highest BCUT2D eigenvalue weighted by atomic mass is 16.6. The third kappa shape index (κ3) is 3.35. The van der Waals surface area contributed by atoms with Crippen molar-refractivity contribution in [1.29, 1.82) is 0 Å². The van der Waals surface area contributed by atoms with Crippen LogP contribution in [0.5, 0.6) is 5.75 Å². The summed E-state index contributed by atoms with van der Waals surface area (Å²) in [6.07, 6.45) is 3.03. The molecule has 0 saturated heterocycles. The van der Waals surface area contributed by atoms with Crippen molar-refractivity contribution >= 4 is 11.8 Å². The first-order valence-corrected chi connectivity index (χ1v) is 6.68. The fraction of sp³-hybridized carbons (Fsp3) is 0.250. The van der Waals surface area contributed by atoms with E-state index in [1.807, 2.05) is 30.3 Å². The molecule has 116 valence electrons. The number of ether oxygens (including phenoxy) is 1. The van der Waals surface area contributed by atoms with Gasteiger partial charge < -0.3 is 15.5 Å². The zero-order chi connectivity index (χ0) is 14.7. The van der Waals surface area contributed by atoms with Crippen LogP contribution >= 0.6 is 0 Å². The lowest BCUT2D eigenvalue weighted by Gasteiger charge is -2.17. The van der Waals surface area contributed by atoms with E-state index in [-0.39, 0.29) is 7.43 Å². The molecule has 0 saturated carbocycles. The lowest BCUT2D eigenvalue weighted by molar-refractivity contribution is 0.202. The van der Waals surface area contributed by atoms with Crippen molar-refractivity contribution in [2.24, 2.45) is 0 Å². The Morgan fingerprint density at radius 3 is 2.73 bits per heavy atom. The van der Waals surface area contributed by atoms with Gasteiger partial charge in [0.2, 0.25) is 0 Å². The Morgan fingerprint density at radius 1 is 1.23 bits per heavy atom. The normalized spacial score (nSPS) is 13.0. The predicted molar refractivity (Wildman–Crippen MR) is 85.4 cm³/mol. The number of anilines is 1. The van der Waals surface area contributed by atoms with Crippen LogP contribution in [0.25, 0.3) is 0 Å². The summed E-state index contributed by atoms with van der Waals surface area (Å²) in [4.78, 5) is 15.4. The number of fused-ring (bicyclic) bond motifs is 1. The molecule has 2 N–H and O–H groups in total. The molecule has 0 spiro atoms. The second kappa shape index (κ2) is 6.91. The monoisotopic (exact) mass is 300 g/mol. The summed E-state index contributed by atoms with van der Waals surface area (Å²) >= 11 is 0. The minimum atomic E-state index is -0.455.